The van der Waals surface area contributed by atoms with Gasteiger partial charge in [0.1, 0.15) is 11.4 Å². The Hall–Kier alpha value is -2.81. The summed E-state index contributed by atoms with van der Waals surface area (Å²) in [4.78, 5) is 13.9. The van der Waals surface area contributed by atoms with Crippen molar-refractivity contribution < 1.29 is 4.79 Å². The lowest BCUT2D eigenvalue weighted by Gasteiger charge is -2.21. The number of hydrogen-bond donors (Lipinski definition) is 2. The van der Waals surface area contributed by atoms with Gasteiger partial charge in [-0.3, -0.25) is 9.89 Å². The van der Waals surface area contributed by atoms with Crippen LogP contribution in [0, 0.1) is 11.3 Å². The van der Waals surface area contributed by atoms with Gasteiger partial charge in [-0.15, -0.1) is 0 Å². The summed E-state index contributed by atoms with van der Waals surface area (Å²) >= 11 is 0. The Morgan fingerprint density at radius 2 is 2.16 bits per heavy atom. The van der Waals surface area contributed by atoms with Gasteiger partial charge < -0.3 is 10.6 Å². The van der Waals surface area contributed by atoms with E-state index in [9.17, 15) is 4.79 Å². The molecule has 0 atom stereocenters. The first-order chi connectivity index (χ1) is 9.24. The number of para-hydroxylation sites is 1. The van der Waals surface area contributed by atoms with E-state index in [1.54, 1.807) is 0 Å². The van der Waals surface area contributed by atoms with Gasteiger partial charge in [0, 0.05) is 12.2 Å². The van der Waals surface area contributed by atoms with Crippen LogP contribution < -0.4 is 10.6 Å². The van der Waals surface area contributed by atoms with Crippen LogP contribution in [0.15, 0.2) is 36.5 Å². The molecule has 0 saturated heterocycles. The number of nitrogens with two attached hydrogens (primary N) is 1. The molecule has 0 aliphatic carbocycles. The van der Waals surface area contributed by atoms with Crippen LogP contribution in [0.5, 0.6) is 0 Å². The summed E-state index contributed by atoms with van der Waals surface area (Å²) in [6.45, 7) is 0.309. The van der Waals surface area contributed by atoms with E-state index in [0.717, 1.165) is 5.69 Å². The molecule has 19 heavy (non-hydrogen) atoms. The molecule has 1 aromatic heterocycles. The normalized spacial score (nSPS) is 9.84. The number of nitrogens with zero attached hydrogens (tertiary/aromatic N) is 3. The van der Waals surface area contributed by atoms with Gasteiger partial charge in [0.05, 0.1) is 18.7 Å². The van der Waals surface area contributed by atoms with Crippen molar-refractivity contribution in [1.29, 1.82) is 5.26 Å². The Morgan fingerprint density at radius 3 is 2.74 bits per heavy atom. The highest BCUT2D eigenvalue weighted by Gasteiger charge is 2.20. The fraction of sp³-hybridized carbons (Fsp3) is 0.154. The van der Waals surface area contributed by atoms with Crippen LogP contribution in [-0.4, -0.2) is 22.6 Å². The van der Waals surface area contributed by atoms with Crippen molar-refractivity contribution in [3.63, 3.8) is 0 Å². The first-order valence-corrected chi connectivity index (χ1v) is 5.76. The van der Waals surface area contributed by atoms with Crippen molar-refractivity contribution in [1.82, 2.24) is 10.2 Å². The molecule has 1 aromatic carbocycles. The van der Waals surface area contributed by atoms with Crippen molar-refractivity contribution in [3.8, 4) is 6.07 Å². The van der Waals surface area contributed by atoms with Crippen LogP contribution in [-0.2, 0) is 0 Å². The summed E-state index contributed by atoms with van der Waals surface area (Å²) in [5.74, 6) is -0.0458. The monoisotopic (exact) mass is 255 g/mol. The average molecular weight is 255 g/mol. The molecule has 0 bridgehead atoms. The Labute approximate surface area is 110 Å². The quantitative estimate of drug-likeness (QED) is 0.865. The van der Waals surface area contributed by atoms with Crippen LogP contribution in [0.3, 0.4) is 0 Å². The zero-order valence-electron chi connectivity index (χ0n) is 10.2. The van der Waals surface area contributed by atoms with E-state index >= 15 is 0 Å². The molecule has 2 rings (SSSR count). The molecule has 1 amide bonds. The number of nitrogens with one attached hydrogen (secondary N) is 1. The topological polar surface area (TPSA) is 98.8 Å². The van der Waals surface area contributed by atoms with E-state index in [2.05, 4.69) is 10.2 Å². The van der Waals surface area contributed by atoms with E-state index in [0.29, 0.717) is 12.1 Å². The molecule has 96 valence electrons. The van der Waals surface area contributed by atoms with Crippen LogP contribution in [0.25, 0.3) is 0 Å². The summed E-state index contributed by atoms with van der Waals surface area (Å²) in [5.41, 5.74) is 6.69. The maximum absolute atomic E-state index is 12.4. The molecule has 6 nitrogen and oxygen atoms in total. The molecule has 2 aromatic rings. The third kappa shape index (κ3) is 2.72. The van der Waals surface area contributed by atoms with Gasteiger partial charge >= 0.3 is 0 Å². The second-order valence-electron chi connectivity index (χ2n) is 3.90. The van der Waals surface area contributed by atoms with Crippen LogP contribution in [0.2, 0.25) is 0 Å². The molecule has 0 spiro atoms. The first kappa shape index (κ1) is 12.6. The van der Waals surface area contributed by atoms with Gasteiger partial charge in [0.15, 0.2) is 0 Å². The highest BCUT2D eigenvalue weighted by Crippen LogP contribution is 2.19. The number of hydrogen-bond acceptors (Lipinski definition) is 4. The predicted octanol–water partition coefficient (Wildman–Crippen LogP) is 1.55. The Balaban J connectivity index is 2.31. The number of H-pyrrole nitrogens is 1. The van der Waals surface area contributed by atoms with E-state index in [1.165, 1.54) is 11.1 Å². The maximum atomic E-state index is 12.4. The Kier molecular flexibility index (Phi) is 3.78. The van der Waals surface area contributed by atoms with Crippen LogP contribution in [0.4, 0.5) is 11.5 Å². The molecule has 3 N–H and O–H groups in total. The van der Waals surface area contributed by atoms with Crippen molar-refractivity contribution in [2.45, 2.75) is 6.42 Å². The van der Waals surface area contributed by atoms with Crippen molar-refractivity contribution in [3.05, 3.63) is 42.1 Å². The first-order valence-electron chi connectivity index (χ1n) is 5.76. The van der Waals surface area contributed by atoms with Gasteiger partial charge in [-0.25, -0.2) is 0 Å². The lowest BCUT2D eigenvalue weighted by atomic mass is 10.2. The molecule has 0 radical (unpaired) electrons. The molecular formula is C13H13N5O. The lowest BCUT2D eigenvalue weighted by molar-refractivity contribution is 0.0988. The predicted molar refractivity (Wildman–Crippen MR) is 71.3 cm³/mol. The number of aromatic amines is 1. The average Bonchev–Trinajstić information content (AvgIpc) is 2.86. The number of anilines is 2. The summed E-state index contributed by atoms with van der Waals surface area (Å²) in [6, 6.07) is 11.2. The number of nitriles is 1. The maximum Gasteiger partial charge on any atom is 0.263 e. The SMILES string of the molecule is N#CCCN(C(=O)c1cn[nH]c1N)c1ccccc1. The molecule has 0 aliphatic rings. The zero-order chi connectivity index (χ0) is 13.7. The van der Waals surface area contributed by atoms with E-state index < -0.39 is 0 Å². The number of amides is 1. The summed E-state index contributed by atoms with van der Waals surface area (Å²) in [5, 5.41) is 15.0. The minimum absolute atomic E-state index is 0.225. The molecule has 0 unspecified atom stereocenters. The number of carbonyl (C=O) groups excluding carboxylic acids is 1. The number of rotatable bonds is 4. The highest BCUT2D eigenvalue weighted by atomic mass is 16.2. The second kappa shape index (κ2) is 5.69. The smallest absolute Gasteiger partial charge is 0.263 e. The Bertz CT molecular complexity index is 599. The number of nitrogen functional groups attached to an aromatic ring is 1. The fourth-order valence-corrected chi connectivity index (χ4v) is 1.73. The summed E-state index contributed by atoms with van der Waals surface area (Å²) < 4.78 is 0. The van der Waals surface area contributed by atoms with Crippen LogP contribution >= 0.6 is 0 Å². The lowest BCUT2D eigenvalue weighted by Crippen LogP contribution is -2.32. The minimum atomic E-state index is -0.271. The van der Waals surface area contributed by atoms with Gasteiger partial charge in [-0.1, -0.05) is 18.2 Å². The number of carbonyl (C=O) groups is 1. The molecule has 6 heteroatoms. The molecule has 0 saturated carbocycles. The summed E-state index contributed by atoms with van der Waals surface area (Å²) in [6.07, 6.45) is 1.64. The fourth-order valence-electron chi connectivity index (χ4n) is 1.73. The molecule has 1 heterocycles. The van der Waals surface area contributed by atoms with Gasteiger partial charge in [-0.05, 0) is 12.1 Å². The van der Waals surface area contributed by atoms with Crippen molar-refractivity contribution in [2.24, 2.45) is 0 Å². The molecule has 0 aliphatic heterocycles. The zero-order valence-corrected chi connectivity index (χ0v) is 10.2. The van der Waals surface area contributed by atoms with Crippen molar-refractivity contribution >= 4 is 17.4 Å². The molecular weight excluding hydrogens is 242 g/mol. The number of benzene rings is 1. The van der Waals surface area contributed by atoms with Crippen LogP contribution in [0.1, 0.15) is 16.8 Å². The van der Waals surface area contributed by atoms with Gasteiger partial charge in [-0.2, -0.15) is 10.4 Å². The summed E-state index contributed by atoms with van der Waals surface area (Å²) in [7, 11) is 0. The van der Waals surface area contributed by atoms with E-state index in [-0.39, 0.29) is 18.1 Å². The molecule has 0 fully saturated rings. The van der Waals surface area contributed by atoms with Gasteiger partial charge in [0.2, 0.25) is 0 Å². The highest BCUT2D eigenvalue weighted by molar-refractivity contribution is 6.08. The third-order valence-electron chi connectivity index (χ3n) is 2.66. The van der Waals surface area contributed by atoms with Crippen molar-refractivity contribution in [2.75, 3.05) is 17.2 Å². The third-order valence-corrected chi connectivity index (χ3v) is 2.66. The Morgan fingerprint density at radius 1 is 1.42 bits per heavy atom. The van der Waals surface area contributed by atoms with Gasteiger partial charge in [0.25, 0.3) is 5.91 Å². The second-order valence-corrected chi connectivity index (χ2v) is 3.90. The number of aromatic nitrogens is 2. The van der Waals surface area contributed by atoms with E-state index in [4.69, 9.17) is 11.0 Å². The van der Waals surface area contributed by atoms with E-state index in [1.807, 2.05) is 36.4 Å². The standard InChI is InChI=1S/C13H13N5O/c14-7-4-8-18(10-5-2-1-3-6-10)13(19)11-9-16-17-12(11)15/h1-3,5-6,9H,4,8H2,(H3,15,16,17). The minimum Gasteiger partial charge on any atom is -0.383 e. The largest absolute Gasteiger partial charge is 0.383 e.